The highest BCUT2D eigenvalue weighted by molar-refractivity contribution is 7.99. The minimum Gasteiger partial charge on any atom is -0.310 e. The highest BCUT2D eigenvalue weighted by Crippen LogP contribution is 2.37. The van der Waals surface area contributed by atoms with Gasteiger partial charge in [0.15, 0.2) is 5.16 Å². The summed E-state index contributed by atoms with van der Waals surface area (Å²) in [5.41, 5.74) is 1.56. The number of H-pyrrole nitrogens is 1. The fourth-order valence-electron chi connectivity index (χ4n) is 2.50. The normalized spacial score (nSPS) is 17.2. The molecule has 5 nitrogen and oxygen atoms in total. The van der Waals surface area contributed by atoms with Gasteiger partial charge in [-0.1, -0.05) is 18.7 Å². The number of hydrogen-bond donors (Lipinski definition) is 2. The van der Waals surface area contributed by atoms with Crippen molar-refractivity contribution in [3.8, 4) is 0 Å². The zero-order chi connectivity index (χ0) is 15.7. The number of anilines is 1. The molecule has 0 spiro atoms. The maximum absolute atomic E-state index is 12.5. The third-order valence-corrected chi connectivity index (χ3v) is 5.71. The molecule has 1 amide bonds. The lowest BCUT2D eigenvalue weighted by atomic mass is 9.92. The fraction of sp³-hybridized carbons (Fsp3) is 0.400. The molecule has 7 heteroatoms. The van der Waals surface area contributed by atoms with E-state index < -0.39 is 0 Å². The number of hydrogen-bond acceptors (Lipinski definition) is 5. The van der Waals surface area contributed by atoms with E-state index >= 15 is 0 Å². The Kier molecular flexibility index (Phi) is 4.35. The number of nitrogens with one attached hydrogen (secondary N) is 2. The topological polar surface area (TPSA) is 74.8 Å². The molecule has 1 aliphatic heterocycles. The summed E-state index contributed by atoms with van der Waals surface area (Å²) in [5, 5.41) is 5.35. The molecule has 0 aromatic carbocycles. The van der Waals surface area contributed by atoms with Gasteiger partial charge in [0.25, 0.3) is 5.56 Å². The van der Waals surface area contributed by atoms with Gasteiger partial charge in [0.1, 0.15) is 5.82 Å². The summed E-state index contributed by atoms with van der Waals surface area (Å²) in [6.07, 6.45) is 1.29. The van der Waals surface area contributed by atoms with Crippen LogP contribution in [0.3, 0.4) is 0 Å². The number of aryl methyl sites for hydroxylation is 1. The van der Waals surface area contributed by atoms with Crippen LogP contribution in [0.15, 0.2) is 21.4 Å². The van der Waals surface area contributed by atoms with Crippen LogP contribution in [0.5, 0.6) is 0 Å². The quantitative estimate of drug-likeness (QED) is 0.665. The average molecular weight is 335 g/mol. The zero-order valence-electron chi connectivity index (χ0n) is 12.4. The van der Waals surface area contributed by atoms with E-state index in [1.54, 1.807) is 11.3 Å². The number of rotatable bonds is 4. The Morgan fingerprint density at radius 1 is 1.45 bits per heavy atom. The predicted octanol–water partition coefficient (Wildman–Crippen LogP) is 3.12. The van der Waals surface area contributed by atoms with Crippen LogP contribution in [0, 0.1) is 6.92 Å². The molecule has 1 atom stereocenters. The highest BCUT2D eigenvalue weighted by atomic mass is 32.2. The number of aromatic amines is 1. The predicted molar refractivity (Wildman–Crippen MR) is 90.0 cm³/mol. The summed E-state index contributed by atoms with van der Waals surface area (Å²) in [6.45, 7) is 4.08. The van der Waals surface area contributed by atoms with Gasteiger partial charge in [-0.25, -0.2) is 4.98 Å². The molecular weight excluding hydrogens is 318 g/mol. The number of nitrogens with zero attached hydrogens (tertiary/aromatic N) is 1. The van der Waals surface area contributed by atoms with E-state index in [0.29, 0.717) is 23.0 Å². The van der Waals surface area contributed by atoms with Crippen LogP contribution in [0.4, 0.5) is 5.82 Å². The van der Waals surface area contributed by atoms with Crippen molar-refractivity contribution in [3.05, 3.63) is 37.8 Å². The van der Waals surface area contributed by atoms with Crippen LogP contribution in [-0.4, -0.2) is 21.6 Å². The second-order valence-corrected chi connectivity index (χ2v) is 7.34. The van der Waals surface area contributed by atoms with Crippen LogP contribution in [0.1, 0.15) is 41.7 Å². The van der Waals surface area contributed by atoms with E-state index in [0.717, 1.165) is 22.6 Å². The van der Waals surface area contributed by atoms with Crippen molar-refractivity contribution in [2.75, 3.05) is 11.1 Å². The van der Waals surface area contributed by atoms with Gasteiger partial charge in [-0.3, -0.25) is 9.59 Å². The Morgan fingerprint density at radius 3 is 2.95 bits per heavy atom. The van der Waals surface area contributed by atoms with E-state index in [4.69, 9.17) is 0 Å². The van der Waals surface area contributed by atoms with Gasteiger partial charge in [-0.2, -0.15) is 0 Å². The van der Waals surface area contributed by atoms with Crippen LogP contribution in [0.25, 0.3) is 0 Å². The zero-order valence-corrected chi connectivity index (χ0v) is 14.1. The second-order valence-electron chi connectivity index (χ2n) is 5.31. The third-order valence-electron chi connectivity index (χ3n) is 3.47. The van der Waals surface area contributed by atoms with E-state index in [1.165, 1.54) is 11.8 Å². The van der Waals surface area contributed by atoms with Gasteiger partial charge in [0.05, 0.1) is 5.56 Å². The van der Waals surface area contributed by atoms with Gasteiger partial charge in [0, 0.05) is 23.0 Å². The first-order valence-corrected chi connectivity index (χ1v) is 9.07. The van der Waals surface area contributed by atoms with Crippen molar-refractivity contribution in [2.24, 2.45) is 0 Å². The maximum atomic E-state index is 12.5. The number of carbonyl (C=O) groups is 1. The van der Waals surface area contributed by atoms with E-state index in [1.807, 2.05) is 18.4 Å². The number of carbonyl (C=O) groups excluding carboxylic acids is 1. The number of amides is 1. The van der Waals surface area contributed by atoms with Gasteiger partial charge in [-0.05, 0) is 30.4 Å². The minimum absolute atomic E-state index is 0.0897. The molecule has 1 unspecified atom stereocenters. The Labute approximate surface area is 136 Å². The standard InChI is InChI=1S/C15H17N3O2S2/c1-3-4-21-15-17-13-12(14(20)18-15)9(6-11(19)16-13)10-5-8(2)7-22-10/h5,7,9H,3-4,6H2,1-2H3,(H2,16,17,18,19,20). The van der Waals surface area contributed by atoms with E-state index in [2.05, 4.69) is 22.2 Å². The lowest BCUT2D eigenvalue weighted by molar-refractivity contribution is -0.116. The van der Waals surface area contributed by atoms with Crippen molar-refractivity contribution in [3.63, 3.8) is 0 Å². The summed E-state index contributed by atoms with van der Waals surface area (Å²) >= 11 is 3.08. The summed E-state index contributed by atoms with van der Waals surface area (Å²) < 4.78 is 0. The molecule has 2 N–H and O–H groups in total. The average Bonchev–Trinajstić information content (AvgIpc) is 2.90. The summed E-state index contributed by atoms with van der Waals surface area (Å²) in [6, 6.07) is 2.04. The monoisotopic (exact) mass is 335 g/mol. The van der Waals surface area contributed by atoms with Crippen molar-refractivity contribution in [1.29, 1.82) is 0 Å². The Balaban J connectivity index is 2.05. The van der Waals surface area contributed by atoms with E-state index in [9.17, 15) is 9.59 Å². The van der Waals surface area contributed by atoms with Crippen LogP contribution in [0.2, 0.25) is 0 Å². The maximum Gasteiger partial charge on any atom is 0.257 e. The van der Waals surface area contributed by atoms with Crippen LogP contribution in [-0.2, 0) is 4.79 Å². The minimum atomic E-state index is -0.205. The van der Waals surface area contributed by atoms with Crippen molar-refractivity contribution >= 4 is 34.8 Å². The largest absolute Gasteiger partial charge is 0.310 e. The Morgan fingerprint density at radius 2 is 2.27 bits per heavy atom. The lowest BCUT2D eigenvalue weighted by Crippen LogP contribution is -2.31. The first-order chi connectivity index (χ1) is 10.6. The molecule has 0 radical (unpaired) electrons. The summed E-state index contributed by atoms with van der Waals surface area (Å²) in [5.74, 6) is 0.995. The number of thiophene rings is 1. The molecule has 0 aliphatic carbocycles. The molecule has 3 heterocycles. The van der Waals surface area contributed by atoms with Crippen molar-refractivity contribution < 1.29 is 4.79 Å². The fourth-order valence-corrected chi connectivity index (χ4v) is 4.22. The molecule has 2 aromatic heterocycles. The SMILES string of the molecule is CCCSc1nc2c(c(=O)[nH]1)C(c1cc(C)cs1)CC(=O)N2. The number of fused-ring (bicyclic) bond motifs is 1. The molecular formula is C15H17N3O2S2. The molecule has 22 heavy (non-hydrogen) atoms. The number of thioether (sulfide) groups is 1. The van der Waals surface area contributed by atoms with Gasteiger partial charge >= 0.3 is 0 Å². The highest BCUT2D eigenvalue weighted by Gasteiger charge is 2.31. The molecule has 0 saturated heterocycles. The molecule has 0 saturated carbocycles. The Hall–Kier alpha value is -1.60. The molecule has 116 valence electrons. The van der Waals surface area contributed by atoms with Crippen molar-refractivity contribution in [2.45, 2.75) is 37.8 Å². The second kappa shape index (κ2) is 6.26. The molecule has 0 bridgehead atoms. The molecule has 2 aromatic rings. The number of aromatic nitrogens is 2. The first kappa shape index (κ1) is 15.3. The first-order valence-electron chi connectivity index (χ1n) is 7.20. The lowest BCUT2D eigenvalue weighted by Gasteiger charge is -2.23. The summed E-state index contributed by atoms with van der Waals surface area (Å²) in [7, 11) is 0. The van der Waals surface area contributed by atoms with Crippen LogP contribution >= 0.6 is 23.1 Å². The summed E-state index contributed by atoms with van der Waals surface area (Å²) in [4.78, 5) is 32.8. The molecule has 0 fully saturated rings. The van der Waals surface area contributed by atoms with Crippen LogP contribution < -0.4 is 10.9 Å². The smallest absolute Gasteiger partial charge is 0.257 e. The van der Waals surface area contributed by atoms with Gasteiger partial charge < -0.3 is 10.3 Å². The van der Waals surface area contributed by atoms with Gasteiger partial charge in [0.2, 0.25) is 5.91 Å². The Bertz CT molecular complexity index is 766. The van der Waals surface area contributed by atoms with Crippen molar-refractivity contribution in [1.82, 2.24) is 9.97 Å². The van der Waals surface area contributed by atoms with Gasteiger partial charge in [-0.15, -0.1) is 11.3 Å². The van der Waals surface area contributed by atoms with E-state index in [-0.39, 0.29) is 17.4 Å². The molecule has 1 aliphatic rings. The third kappa shape index (κ3) is 2.96. The molecule has 3 rings (SSSR count).